The van der Waals surface area contributed by atoms with Gasteiger partial charge in [-0.15, -0.1) is 0 Å². The zero-order valence-electron chi connectivity index (χ0n) is 17.9. The predicted molar refractivity (Wildman–Crippen MR) is 132 cm³/mol. The Morgan fingerprint density at radius 3 is 1.93 bits per heavy atom. The molecule has 2 heterocycles. The molecule has 0 saturated heterocycles. The fraction of sp³-hybridized carbons (Fsp3) is 0.292. The van der Waals surface area contributed by atoms with Crippen LogP contribution in [0.25, 0.3) is 11.4 Å². The van der Waals surface area contributed by atoms with E-state index in [2.05, 4.69) is 79.1 Å². The monoisotopic (exact) mass is 571 g/mol. The van der Waals surface area contributed by atoms with Gasteiger partial charge in [-0.3, -0.25) is 9.98 Å². The number of para-hydroxylation sites is 1. The van der Waals surface area contributed by atoms with Gasteiger partial charge in [0.1, 0.15) is 0 Å². The summed E-state index contributed by atoms with van der Waals surface area (Å²) in [6.07, 6.45) is 1.79. The summed E-state index contributed by atoms with van der Waals surface area (Å²) in [6.45, 7) is 10.9. The standard InChI is InChI=1S/C24H27N3.2BrH.Fe/c1-16(2)19-10-8-11-20(17(3)4)24(19)26-18(5)21-13-9-14-23(27-21)22-12-6-7-15-25-22;;;/h6-17H,1-5H3;2*1H;/q;;;+2/p-2. The SMILES string of the molecule is CC(=Nc1c(C(C)C)cccc1C(C)C)c1cccc(-c2ccccn2)n1.[Br][Fe][Br]. The molecule has 6 heteroatoms. The number of nitrogens with zero attached hydrogens (tertiary/aromatic N) is 3. The van der Waals surface area contributed by atoms with Gasteiger partial charge in [-0.05, 0) is 54.2 Å². The Kier molecular flexibility index (Phi) is 10.4. The zero-order valence-corrected chi connectivity index (χ0v) is 22.2. The molecule has 0 spiro atoms. The summed E-state index contributed by atoms with van der Waals surface area (Å²) in [7, 11) is 0. The molecular weight excluding hydrogens is 546 g/mol. The first kappa shape index (κ1) is 24.9. The summed E-state index contributed by atoms with van der Waals surface area (Å²) in [6, 6.07) is 18.4. The van der Waals surface area contributed by atoms with Gasteiger partial charge in [0.2, 0.25) is 0 Å². The van der Waals surface area contributed by atoms with E-state index in [1.165, 1.54) is 11.1 Å². The molecule has 0 bridgehead atoms. The van der Waals surface area contributed by atoms with Gasteiger partial charge in [-0.2, -0.15) is 0 Å². The van der Waals surface area contributed by atoms with E-state index in [0.717, 1.165) is 39.8 Å². The van der Waals surface area contributed by atoms with Crippen LogP contribution in [0, 0.1) is 0 Å². The second kappa shape index (κ2) is 12.5. The summed E-state index contributed by atoms with van der Waals surface area (Å²) in [5.41, 5.74) is 7.18. The van der Waals surface area contributed by atoms with Crippen molar-refractivity contribution in [1.82, 2.24) is 9.97 Å². The molecule has 1 aromatic carbocycles. The Morgan fingerprint density at radius 2 is 1.40 bits per heavy atom. The van der Waals surface area contributed by atoms with Crippen LogP contribution in [-0.4, -0.2) is 15.7 Å². The molecule has 0 aliphatic carbocycles. The molecule has 0 aliphatic rings. The third kappa shape index (κ3) is 6.84. The van der Waals surface area contributed by atoms with Crippen molar-refractivity contribution in [3.05, 3.63) is 77.6 Å². The van der Waals surface area contributed by atoms with Gasteiger partial charge < -0.3 is 0 Å². The normalized spacial score (nSPS) is 11.6. The molecule has 160 valence electrons. The molecule has 0 radical (unpaired) electrons. The number of hydrogen-bond acceptors (Lipinski definition) is 3. The van der Waals surface area contributed by atoms with E-state index in [-0.39, 0.29) is 0 Å². The average molecular weight is 573 g/mol. The number of pyridine rings is 2. The third-order valence-electron chi connectivity index (χ3n) is 4.67. The van der Waals surface area contributed by atoms with E-state index >= 15 is 0 Å². The molecule has 30 heavy (non-hydrogen) atoms. The molecule has 0 amide bonds. The summed E-state index contributed by atoms with van der Waals surface area (Å²) >= 11 is 7.00. The van der Waals surface area contributed by atoms with Crippen molar-refractivity contribution < 1.29 is 11.3 Å². The van der Waals surface area contributed by atoms with Crippen molar-refractivity contribution in [2.24, 2.45) is 4.99 Å². The van der Waals surface area contributed by atoms with E-state index in [1.54, 1.807) is 6.20 Å². The number of aliphatic imine (C=N–C) groups is 1. The number of halogens is 2. The van der Waals surface area contributed by atoms with Crippen LogP contribution in [0.2, 0.25) is 0 Å². The topological polar surface area (TPSA) is 38.1 Å². The van der Waals surface area contributed by atoms with Crippen molar-refractivity contribution >= 4 is 39.6 Å². The van der Waals surface area contributed by atoms with Crippen molar-refractivity contribution in [2.45, 2.75) is 46.5 Å². The van der Waals surface area contributed by atoms with Crippen LogP contribution < -0.4 is 0 Å². The van der Waals surface area contributed by atoms with E-state index in [4.69, 9.17) is 9.98 Å². The van der Waals surface area contributed by atoms with Crippen molar-refractivity contribution in [3.8, 4) is 11.4 Å². The molecule has 0 atom stereocenters. The first-order chi connectivity index (χ1) is 14.4. The molecule has 3 nitrogen and oxygen atoms in total. The van der Waals surface area contributed by atoms with Crippen LogP contribution in [0.1, 0.15) is 63.3 Å². The van der Waals surface area contributed by atoms with Crippen LogP contribution in [0.5, 0.6) is 0 Å². The quantitative estimate of drug-likeness (QED) is 0.228. The van der Waals surface area contributed by atoms with Crippen LogP contribution in [0.15, 0.2) is 65.8 Å². The Bertz CT molecular complexity index is 947. The van der Waals surface area contributed by atoms with Gasteiger partial charge in [0.25, 0.3) is 0 Å². The molecule has 2 aromatic heterocycles. The number of benzene rings is 1. The molecule has 3 rings (SSSR count). The molecular formula is C24H27Br2FeN3. The van der Waals surface area contributed by atoms with Gasteiger partial charge >= 0.3 is 39.6 Å². The Morgan fingerprint density at radius 1 is 0.833 bits per heavy atom. The van der Waals surface area contributed by atoms with Crippen molar-refractivity contribution in [3.63, 3.8) is 0 Å². The van der Waals surface area contributed by atoms with Crippen molar-refractivity contribution in [2.75, 3.05) is 0 Å². The van der Waals surface area contributed by atoms with E-state index in [1.807, 2.05) is 43.3 Å². The van der Waals surface area contributed by atoms with Gasteiger partial charge in [0.05, 0.1) is 28.5 Å². The van der Waals surface area contributed by atoms with Gasteiger partial charge in [0.15, 0.2) is 0 Å². The van der Waals surface area contributed by atoms with Gasteiger partial charge in [-0.25, -0.2) is 4.98 Å². The Balaban J connectivity index is 0.00000101. The molecule has 0 N–H and O–H groups in total. The Hall–Kier alpha value is -1.33. The van der Waals surface area contributed by atoms with Crippen molar-refractivity contribution in [1.29, 1.82) is 0 Å². The fourth-order valence-electron chi connectivity index (χ4n) is 3.16. The molecule has 0 aliphatic heterocycles. The average Bonchev–Trinajstić information content (AvgIpc) is 2.75. The summed E-state index contributed by atoms with van der Waals surface area (Å²) in [4.78, 5) is 14.2. The minimum atomic E-state index is 0.420. The fourth-order valence-corrected chi connectivity index (χ4v) is 3.16. The summed E-state index contributed by atoms with van der Waals surface area (Å²) in [5, 5.41) is 0. The maximum absolute atomic E-state index is 5.04. The van der Waals surface area contributed by atoms with E-state index in [0.29, 0.717) is 11.8 Å². The molecule has 0 fully saturated rings. The van der Waals surface area contributed by atoms with Crippen LogP contribution in [0.3, 0.4) is 0 Å². The molecule has 3 aromatic rings. The summed E-state index contributed by atoms with van der Waals surface area (Å²) in [5.74, 6) is 0.839. The van der Waals surface area contributed by atoms with Crippen LogP contribution >= 0.6 is 28.2 Å². The van der Waals surface area contributed by atoms with Gasteiger partial charge in [-0.1, -0.05) is 58.0 Å². The molecule has 0 unspecified atom stereocenters. The van der Waals surface area contributed by atoms with Gasteiger partial charge in [0, 0.05) is 6.20 Å². The maximum atomic E-state index is 5.04. The van der Waals surface area contributed by atoms with E-state index < -0.39 is 0 Å². The van der Waals surface area contributed by atoms with Crippen LogP contribution in [-0.2, 0) is 11.3 Å². The first-order valence-corrected chi connectivity index (χ1v) is 15.3. The van der Waals surface area contributed by atoms with Crippen LogP contribution in [0.4, 0.5) is 5.69 Å². The number of aromatic nitrogens is 2. The number of rotatable bonds is 5. The minimum absolute atomic E-state index is 0.420. The third-order valence-corrected chi connectivity index (χ3v) is 4.67. The predicted octanol–water partition coefficient (Wildman–Crippen LogP) is 8.22. The zero-order chi connectivity index (χ0) is 22.1. The Labute approximate surface area is 200 Å². The molecule has 0 saturated carbocycles. The van der Waals surface area contributed by atoms with E-state index in [9.17, 15) is 0 Å². The number of hydrogen-bond donors (Lipinski definition) is 0. The summed E-state index contributed by atoms with van der Waals surface area (Å²) < 4.78 is 0. The second-order valence-electron chi connectivity index (χ2n) is 7.47. The first-order valence-electron chi connectivity index (χ1n) is 9.81. The second-order valence-corrected chi connectivity index (χ2v) is 13.0.